The Labute approximate surface area is 119 Å². The molecule has 20 heavy (non-hydrogen) atoms. The number of nitrogens with zero attached hydrogens (tertiary/aromatic N) is 2. The van der Waals surface area contributed by atoms with Crippen LogP contribution in [0.4, 0.5) is 17.1 Å². The van der Waals surface area contributed by atoms with Crippen molar-refractivity contribution in [1.82, 2.24) is 0 Å². The SMILES string of the molecule is CC(C)(C)C1CCN(c2ccc([N+](=O)[O-])c(N)c2)CC1. The molecule has 0 radical (unpaired) electrons. The zero-order chi connectivity index (χ0) is 14.9. The van der Waals surface area contributed by atoms with Crippen molar-refractivity contribution in [2.24, 2.45) is 11.3 Å². The first kappa shape index (κ1) is 14.6. The van der Waals surface area contributed by atoms with E-state index in [1.54, 1.807) is 12.1 Å². The van der Waals surface area contributed by atoms with Gasteiger partial charge >= 0.3 is 0 Å². The summed E-state index contributed by atoms with van der Waals surface area (Å²) in [5.74, 6) is 0.731. The highest BCUT2D eigenvalue weighted by Gasteiger charge is 2.29. The molecule has 5 nitrogen and oxygen atoms in total. The van der Waals surface area contributed by atoms with Gasteiger partial charge in [0.05, 0.1) is 4.92 Å². The summed E-state index contributed by atoms with van der Waals surface area (Å²) in [5, 5.41) is 10.8. The van der Waals surface area contributed by atoms with Gasteiger partial charge in [-0.25, -0.2) is 0 Å². The van der Waals surface area contributed by atoms with Crippen LogP contribution in [0.1, 0.15) is 33.6 Å². The predicted molar refractivity (Wildman–Crippen MR) is 81.9 cm³/mol. The lowest BCUT2D eigenvalue weighted by atomic mass is 9.75. The van der Waals surface area contributed by atoms with Crippen LogP contribution >= 0.6 is 0 Å². The summed E-state index contributed by atoms with van der Waals surface area (Å²) in [6.07, 6.45) is 2.31. The number of nitro benzene ring substituents is 1. The summed E-state index contributed by atoms with van der Waals surface area (Å²) in [6, 6.07) is 5.02. The van der Waals surface area contributed by atoms with E-state index in [0.29, 0.717) is 5.41 Å². The largest absolute Gasteiger partial charge is 0.393 e. The summed E-state index contributed by atoms with van der Waals surface area (Å²) < 4.78 is 0. The van der Waals surface area contributed by atoms with Crippen molar-refractivity contribution < 1.29 is 4.92 Å². The zero-order valence-corrected chi connectivity index (χ0v) is 12.4. The minimum absolute atomic E-state index is 0.0154. The highest BCUT2D eigenvalue weighted by molar-refractivity contribution is 5.66. The molecular weight excluding hydrogens is 254 g/mol. The van der Waals surface area contributed by atoms with Crippen LogP contribution in [-0.2, 0) is 0 Å². The molecule has 0 amide bonds. The highest BCUT2D eigenvalue weighted by Crippen LogP contribution is 2.36. The van der Waals surface area contributed by atoms with Crippen molar-refractivity contribution in [3.8, 4) is 0 Å². The molecule has 110 valence electrons. The molecule has 0 saturated carbocycles. The summed E-state index contributed by atoms with van der Waals surface area (Å²) in [6.45, 7) is 8.84. The van der Waals surface area contributed by atoms with Crippen LogP contribution in [0.2, 0.25) is 0 Å². The van der Waals surface area contributed by atoms with Gasteiger partial charge in [0.15, 0.2) is 0 Å². The van der Waals surface area contributed by atoms with Gasteiger partial charge in [0.1, 0.15) is 5.69 Å². The first-order valence-electron chi connectivity index (χ1n) is 7.08. The van der Waals surface area contributed by atoms with Crippen LogP contribution in [0.25, 0.3) is 0 Å². The molecule has 2 rings (SSSR count). The Morgan fingerprint density at radius 3 is 2.35 bits per heavy atom. The van der Waals surface area contributed by atoms with E-state index < -0.39 is 4.92 Å². The Kier molecular flexibility index (Phi) is 3.88. The second kappa shape index (κ2) is 5.31. The Hall–Kier alpha value is -1.78. The van der Waals surface area contributed by atoms with Gasteiger partial charge in [0.25, 0.3) is 5.69 Å². The Bertz CT molecular complexity index is 500. The number of piperidine rings is 1. The van der Waals surface area contributed by atoms with Gasteiger partial charge in [-0.2, -0.15) is 0 Å². The average molecular weight is 277 g/mol. The molecule has 1 heterocycles. The van der Waals surface area contributed by atoms with Crippen LogP contribution in [0.15, 0.2) is 18.2 Å². The van der Waals surface area contributed by atoms with E-state index in [1.807, 2.05) is 0 Å². The zero-order valence-electron chi connectivity index (χ0n) is 12.4. The van der Waals surface area contributed by atoms with Crippen LogP contribution in [0.3, 0.4) is 0 Å². The fourth-order valence-electron chi connectivity index (χ4n) is 2.91. The molecule has 1 aliphatic rings. The molecule has 1 aliphatic heterocycles. The fourth-order valence-corrected chi connectivity index (χ4v) is 2.91. The van der Waals surface area contributed by atoms with Crippen LogP contribution in [0, 0.1) is 21.4 Å². The topological polar surface area (TPSA) is 72.4 Å². The molecule has 1 aromatic rings. The van der Waals surface area contributed by atoms with Crippen LogP contribution in [-0.4, -0.2) is 18.0 Å². The maximum absolute atomic E-state index is 10.8. The minimum Gasteiger partial charge on any atom is -0.393 e. The van der Waals surface area contributed by atoms with Crippen molar-refractivity contribution in [3.63, 3.8) is 0 Å². The molecule has 0 aliphatic carbocycles. The number of nitro groups is 1. The molecule has 1 fully saturated rings. The van der Waals surface area contributed by atoms with Gasteiger partial charge < -0.3 is 10.6 Å². The smallest absolute Gasteiger partial charge is 0.292 e. The molecule has 0 aromatic heterocycles. The average Bonchev–Trinajstić information content (AvgIpc) is 2.37. The van der Waals surface area contributed by atoms with Crippen LogP contribution in [0.5, 0.6) is 0 Å². The summed E-state index contributed by atoms with van der Waals surface area (Å²) in [5.41, 5.74) is 7.32. The van der Waals surface area contributed by atoms with Gasteiger partial charge in [0.2, 0.25) is 0 Å². The van der Waals surface area contributed by atoms with E-state index in [9.17, 15) is 10.1 Å². The molecule has 0 atom stereocenters. The number of nitrogen functional groups attached to an aromatic ring is 1. The molecular formula is C15H23N3O2. The Morgan fingerprint density at radius 2 is 1.90 bits per heavy atom. The maximum Gasteiger partial charge on any atom is 0.292 e. The number of nitrogens with two attached hydrogens (primary N) is 1. The molecule has 2 N–H and O–H groups in total. The van der Waals surface area contributed by atoms with Gasteiger partial charge in [-0.3, -0.25) is 10.1 Å². The van der Waals surface area contributed by atoms with E-state index in [0.717, 1.165) is 37.5 Å². The first-order chi connectivity index (χ1) is 9.29. The molecule has 1 saturated heterocycles. The Morgan fingerprint density at radius 1 is 1.30 bits per heavy atom. The lowest BCUT2D eigenvalue weighted by Crippen LogP contribution is -2.38. The normalized spacial score (nSPS) is 17.2. The van der Waals surface area contributed by atoms with Crippen molar-refractivity contribution in [1.29, 1.82) is 0 Å². The number of hydrogen-bond donors (Lipinski definition) is 1. The van der Waals surface area contributed by atoms with Gasteiger partial charge in [0, 0.05) is 24.8 Å². The van der Waals surface area contributed by atoms with Crippen molar-refractivity contribution >= 4 is 17.1 Å². The number of rotatable bonds is 2. The van der Waals surface area contributed by atoms with Gasteiger partial charge in [-0.15, -0.1) is 0 Å². The third-order valence-electron chi connectivity index (χ3n) is 4.29. The van der Waals surface area contributed by atoms with Gasteiger partial charge in [-0.1, -0.05) is 20.8 Å². The molecule has 0 unspecified atom stereocenters. The van der Waals surface area contributed by atoms with E-state index in [2.05, 4.69) is 25.7 Å². The highest BCUT2D eigenvalue weighted by atomic mass is 16.6. The minimum atomic E-state index is -0.440. The summed E-state index contributed by atoms with van der Waals surface area (Å²) in [4.78, 5) is 12.6. The summed E-state index contributed by atoms with van der Waals surface area (Å²) >= 11 is 0. The second-order valence-corrected chi connectivity index (χ2v) is 6.63. The van der Waals surface area contributed by atoms with E-state index >= 15 is 0 Å². The number of benzene rings is 1. The maximum atomic E-state index is 10.8. The first-order valence-corrected chi connectivity index (χ1v) is 7.08. The lowest BCUT2D eigenvalue weighted by Gasteiger charge is -2.39. The quantitative estimate of drug-likeness (QED) is 0.510. The summed E-state index contributed by atoms with van der Waals surface area (Å²) in [7, 11) is 0. The molecule has 1 aromatic carbocycles. The monoisotopic (exact) mass is 277 g/mol. The van der Waals surface area contributed by atoms with Crippen molar-refractivity contribution in [2.45, 2.75) is 33.6 Å². The third kappa shape index (κ3) is 3.03. The van der Waals surface area contributed by atoms with E-state index in [4.69, 9.17) is 5.73 Å². The lowest BCUT2D eigenvalue weighted by molar-refractivity contribution is -0.383. The molecule has 0 spiro atoms. The van der Waals surface area contributed by atoms with E-state index in [-0.39, 0.29) is 11.4 Å². The Balaban J connectivity index is 2.08. The third-order valence-corrected chi connectivity index (χ3v) is 4.29. The molecule has 0 bridgehead atoms. The van der Waals surface area contributed by atoms with Crippen molar-refractivity contribution in [3.05, 3.63) is 28.3 Å². The number of anilines is 2. The molecule has 5 heteroatoms. The van der Waals surface area contributed by atoms with Crippen molar-refractivity contribution in [2.75, 3.05) is 23.7 Å². The standard InChI is InChI=1S/C15H23N3O2/c1-15(2,3)11-6-8-17(9-7-11)12-4-5-14(18(19)20)13(16)10-12/h4-5,10-11H,6-9,16H2,1-3H3. The number of hydrogen-bond acceptors (Lipinski definition) is 4. The fraction of sp³-hybridized carbons (Fsp3) is 0.600. The van der Waals surface area contributed by atoms with Crippen LogP contribution < -0.4 is 10.6 Å². The predicted octanol–water partition coefficient (Wildman–Crippen LogP) is 3.44. The second-order valence-electron chi connectivity index (χ2n) is 6.63. The van der Waals surface area contributed by atoms with Gasteiger partial charge in [-0.05, 0) is 36.3 Å². The van der Waals surface area contributed by atoms with E-state index in [1.165, 1.54) is 6.07 Å².